The number of nitrogens with one attached hydrogen (secondary N) is 1. The van der Waals surface area contributed by atoms with E-state index in [0.717, 1.165) is 15.7 Å². The summed E-state index contributed by atoms with van der Waals surface area (Å²) in [5, 5.41) is 12.3. The van der Waals surface area contributed by atoms with Crippen LogP contribution >= 0.6 is 39.1 Å². The Morgan fingerprint density at radius 1 is 1.27 bits per heavy atom. The second-order valence-electron chi connectivity index (χ2n) is 5.63. The van der Waals surface area contributed by atoms with Crippen LogP contribution in [0.5, 0.6) is 0 Å². The lowest BCUT2D eigenvalue weighted by Gasteiger charge is -2.04. The van der Waals surface area contributed by atoms with Gasteiger partial charge < -0.3 is 0 Å². The Bertz CT molecular complexity index is 919. The van der Waals surface area contributed by atoms with Crippen molar-refractivity contribution in [3.63, 3.8) is 0 Å². The van der Waals surface area contributed by atoms with E-state index < -0.39 is 0 Å². The molecule has 1 amide bonds. The number of rotatable bonds is 6. The number of aromatic nitrogens is 5. The molecule has 0 aliphatic carbocycles. The molecule has 1 aromatic carbocycles. The summed E-state index contributed by atoms with van der Waals surface area (Å²) in [6, 6.07) is 5.26. The van der Waals surface area contributed by atoms with Crippen molar-refractivity contribution in [3.8, 4) is 0 Å². The van der Waals surface area contributed by atoms with Crippen molar-refractivity contribution in [2.75, 3.05) is 5.32 Å². The van der Waals surface area contributed by atoms with Crippen LogP contribution in [0.25, 0.3) is 0 Å². The average Bonchev–Trinajstić information content (AvgIpc) is 3.15. The zero-order valence-corrected chi connectivity index (χ0v) is 16.9. The van der Waals surface area contributed by atoms with E-state index in [4.69, 9.17) is 23.2 Å². The van der Waals surface area contributed by atoms with Gasteiger partial charge in [-0.25, -0.2) is 9.67 Å². The summed E-state index contributed by atoms with van der Waals surface area (Å²) >= 11 is 15.4. The number of anilines is 1. The molecule has 0 fully saturated rings. The molecule has 2 aromatic heterocycles. The third-order valence-electron chi connectivity index (χ3n) is 3.59. The highest BCUT2D eigenvalue weighted by Crippen LogP contribution is 2.21. The number of amides is 1. The van der Waals surface area contributed by atoms with Crippen LogP contribution in [0, 0.1) is 6.92 Å². The minimum Gasteiger partial charge on any atom is -0.293 e. The molecule has 0 radical (unpaired) electrons. The standard InChI is InChI=1S/C16H15BrCl2N6O/c1-10-13(17)8-24(22-10)5-4-15(26)21-16-20-9-25(23-16)7-11-2-3-12(18)6-14(11)19/h2-3,6,8-9H,4-5,7H2,1H3,(H,21,23,26). The molecule has 0 unspecified atom stereocenters. The number of carbonyl (C=O) groups excluding carboxylic acids is 1. The van der Waals surface area contributed by atoms with Gasteiger partial charge in [-0.3, -0.25) is 14.8 Å². The predicted molar refractivity (Wildman–Crippen MR) is 103 cm³/mol. The van der Waals surface area contributed by atoms with Gasteiger partial charge in [-0.2, -0.15) is 5.10 Å². The summed E-state index contributed by atoms with van der Waals surface area (Å²) in [6.45, 7) is 2.79. The molecule has 0 spiro atoms. The normalized spacial score (nSPS) is 10.9. The molecule has 0 bridgehead atoms. The minimum atomic E-state index is -0.184. The van der Waals surface area contributed by atoms with E-state index >= 15 is 0 Å². The van der Waals surface area contributed by atoms with Crippen molar-refractivity contribution in [1.82, 2.24) is 24.5 Å². The zero-order valence-electron chi connectivity index (χ0n) is 13.8. The van der Waals surface area contributed by atoms with Gasteiger partial charge in [-0.1, -0.05) is 29.3 Å². The van der Waals surface area contributed by atoms with Crippen LogP contribution in [0.1, 0.15) is 17.7 Å². The maximum Gasteiger partial charge on any atom is 0.248 e. The molecule has 0 saturated carbocycles. The molecule has 2 heterocycles. The Kier molecular flexibility index (Phi) is 5.95. The fourth-order valence-corrected chi connectivity index (χ4v) is 3.05. The second kappa shape index (κ2) is 8.20. The lowest BCUT2D eigenvalue weighted by atomic mass is 10.2. The van der Waals surface area contributed by atoms with Crippen LogP contribution in [0.4, 0.5) is 5.95 Å². The van der Waals surface area contributed by atoms with Gasteiger partial charge in [0.15, 0.2) is 0 Å². The quantitative estimate of drug-likeness (QED) is 0.608. The first kappa shape index (κ1) is 18.9. The topological polar surface area (TPSA) is 77.6 Å². The van der Waals surface area contributed by atoms with Crippen LogP contribution in [0.15, 0.2) is 35.2 Å². The highest BCUT2D eigenvalue weighted by molar-refractivity contribution is 9.10. The number of hydrogen-bond acceptors (Lipinski definition) is 4. The Balaban J connectivity index is 1.55. The van der Waals surface area contributed by atoms with Crippen LogP contribution in [-0.2, 0) is 17.9 Å². The van der Waals surface area contributed by atoms with Crippen LogP contribution < -0.4 is 5.32 Å². The average molecular weight is 458 g/mol. The number of hydrogen-bond donors (Lipinski definition) is 1. The molecule has 0 aliphatic heterocycles. The molecule has 0 aliphatic rings. The smallest absolute Gasteiger partial charge is 0.248 e. The number of halogens is 3. The Hall–Kier alpha value is -1.90. The third-order valence-corrected chi connectivity index (χ3v) is 4.96. The van der Waals surface area contributed by atoms with E-state index in [1.54, 1.807) is 21.5 Å². The third kappa shape index (κ3) is 4.84. The number of aryl methyl sites for hydroxylation is 2. The van der Waals surface area contributed by atoms with Gasteiger partial charge in [0.05, 0.1) is 16.7 Å². The molecular formula is C16H15BrCl2N6O. The van der Waals surface area contributed by atoms with Crippen molar-refractivity contribution < 1.29 is 4.79 Å². The Labute approximate surface area is 168 Å². The molecule has 0 atom stereocenters. The van der Waals surface area contributed by atoms with E-state index in [0.29, 0.717) is 23.1 Å². The molecule has 0 saturated heterocycles. The molecule has 10 heteroatoms. The summed E-state index contributed by atoms with van der Waals surface area (Å²) in [4.78, 5) is 16.1. The zero-order chi connectivity index (χ0) is 18.7. The van der Waals surface area contributed by atoms with Gasteiger partial charge in [-0.15, -0.1) is 5.10 Å². The van der Waals surface area contributed by atoms with E-state index in [-0.39, 0.29) is 18.3 Å². The van der Waals surface area contributed by atoms with Gasteiger partial charge >= 0.3 is 0 Å². The lowest BCUT2D eigenvalue weighted by molar-refractivity contribution is -0.116. The molecular weight excluding hydrogens is 443 g/mol. The first-order valence-electron chi connectivity index (χ1n) is 7.73. The molecule has 7 nitrogen and oxygen atoms in total. The molecule has 1 N–H and O–H groups in total. The maximum absolute atomic E-state index is 12.0. The molecule has 3 aromatic rings. The molecule has 136 valence electrons. The fourth-order valence-electron chi connectivity index (χ4n) is 2.26. The summed E-state index contributed by atoms with van der Waals surface area (Å²) in [5.41, 5.74) is 1.74. The second-order valence-corrected chi connectivity index (χ2v) is 7.32. The molecule has 26 heavy (non-hydrogen) atoms. The van der Waals surface area contributed by atoms with Gasteiger partial charge in [0, 0.05) is 29.2 Å². The summed E-state index contributed by atoms with van der Waals surface area (Å²) in [5.74, 6) is 0.0643. The SMILES string of the molecule is Cc1nn(CCC(=O)Nc2ncn(Cc3ccc(Cl)cc3Cl)n2)cc1Br. The van der Waals surface area contributed by atoms with Gasteiger partial charge in [0.2, 0.25) is 11.9 Å². The van der Waals surface area contributed by atoms with Crippen molar-refractivity contribution in [1.29, 1.82) is 0 Å². The van der Waals surface area contributed by atoms with E-state index in [2.05, 4.69) is 36.4 Å². The first-order chi connectivity index (χ1) is 12.4. The fraction of sp³-hybridized carbons (Fsp3) is 0.250. The predicted octanol–water partition coefficient (Wildman–Crippen LogP) is 3.93. The van der Waals surface area contributed by atoms with Crippen LogP contribution in [-0.4, -0.2) is 30.5 Å². The van der Waals surface area contributed by atoms with Crippen molar-refractivity contribution in [2.45, 2.75) is 26.4 Å². The Morgan fingerprint density at radius 2 is 2.08 bits per heavy atom. The lowest BCUT2D eigenvalue weighted by Crippen LogP contribution is -2.16. The van der Waals surface area contributed by atoms with Crippen LogP contribution in [0.2, 0.25) is 10.0 Å². The van der Waals surface area contributed by atoms with Crippen molar-refractivity contribution >= 4 is 51.0 Å². The number of nitrogens with zero attached hydrogens (tertiary/aromatic N) is 5. The maximum atomic E-state index is 12.0. The van der Waals surface area contributed by atoms with Gasteiger partial charge in [0.25, 0.3) is 0 Å². The van der Waals surface area contributed by atoms with Gasteiger partial charge in [0.1, 0.15) is 6.33 Å². The van der Waals surface area contributed by atoms with Gasteiger partial charge in [-0.05, 0) is 40.5 Å². The molecule has 3 rings (SSSR count). The largest absolute Gasteiger partial charge is 0.293 e. The summed E-state index contributed by atoms with van der Waals surface area (Å²) in [6.07, 6.45) is 3.64. The Morgan fingerprint density at radius 3 is 2.77 bits per heavy atom. The highest BCUT2D eigenvalue weighted by Gasteiger charge is 2.09. The summed E-state index contributed by atoms with van der Waals surface area (Å²) in [7, 11) is 0. The number of carbonyl (C=O) groups is 1. The monoisotopic (exact) mass is 456 g/mol. The minimum absolute atomic E-state index is 0.184. The highest BCUT2D eigenvalue weighted by atomic mass is 79.9. The summed E-state index contributed by atoms with van der Waals surface area (Å²) < 4.78 is 4.23. The first-order valence-corrected chi connectivity index (χ1v) is 9.28. The van der Waals surface area contributed by atoms with E-state index in [1.165, 1.54) is 6.33 Å². The van der Waals surface area contributed by atoms with E-state index in [9.17, 15) is 4.79 Å². The van der Waals surface area contributed by atoms with Crippen molar-refractivity contribution in [3.05, 3.63) is 56.5 Å². The van der Waals surface area contributed by atoms with Crippen LogP contribution in [0.3, 0.4) is 0 Å². The number of benzene rings is 1. The van der Waals surface area contributed by atoms with E-state index in [1.807, 2.05) is 19.2 Å². The van der Waals surface area contributed by atoms with Crippen molar-refractivity contribution in [2.24, 2.45) is 0 Å².